The van der Waals surface area contributed by atoms with Crippen LogP contribution in [-0.4, -0.2) is 25.8 Å². The number of ether oxygens (including phenoxy) is 1. The number of carbonyl (C=O) groups is 1. The molecule has 37 heavy (non-hydrogen) atoms. The molecule has 4 aromatic rings. The minimum absolute atomic E-state index is 0.00322. The second-order valence-electron chi connectivity index (χ2n) is 9.55. The quantitative estimate of drug-likeness (QED) is 0.314. The van der Waals surface area contributed by atoms with Crippen molar-refractivity contribution in [3.05, 3.63) is 81.3 Å². The van der Waals surface area contributed by atoms with E-state index in [0.717, 1.165) is 6.07 Å². The largest absolute Gasteiger partial charge is 0.479 e. The molecule has 3 aromatic heterocycles. The van der Waals surface area contributed by atoms with Gasteiger partial charge < -0.3 is 23.4 Å². The Morgan fingerprint density at radius 2 is 1.76 bits per heavy atom. The van der Waals surface area contributed by atoms with Crippen LogP contribution in [0.4, 0.5) is 13.2 Å². The topological polar surface area (TPSA) is 86.6 Å². The molecule has 0 spiro atoms. The average molecular weight is 537 g/mol. The lowest BCUT2D eigenvalue weighted by molar-refractivity contribution is -0.161. The summed E-state index contributed by atoms with van der Waals surface area (Å²) < 4.78 is 52.5. The fourth-order valence-corrected chi connectivity index (χ4v) is 4.33. The van der Waals surface area contributed by atoms with Gasteiger partial charge in [0.15, 0.2) is 6.10 Å². The van der Waals surface area contributed by atoms with Gasteiger partial charge in [-0.25, -0.2) is 4.79 Å². The van der Waals surface area contributed by atoms with Crippen molar-refractivity contribution in [1.82, 2.24) is 9.13 Å². The molecule has 0 aliphatic heterocycles. The first-order valence-electron chi connectivity index (χ1n) is 11.2. The van der Waals surface area contributed by atoms with Gasteiger partial charge in [0.25, 0.3) is 5.56 Å². The molecule has 1 unspecified atom stereocenters. The molecule has 0 saturated heterocycles. The summed E-state index contributed by atoms with van der Waals surface area (Å²) in [7, 11) is 1.43. The molecule has 0 saturated carbocycles. The molecular formula is C26H24ClF3N2O5. The number of aliphatic carboxylic acids is 1. The van der Waals surface area contributed by atoms with E-state index < -0.39 is 35.2 Å². The standard InChI is InChI=1S/C26H24ClF3N2O5/c1-25(2,3)37-22(24(34)35)21-19(14-5-7-15(27)8-6-14)17-11-12-32(20(17)23(33)31(21)4)13-16-9-10-18(36-16)26(28,29)30/h5-12,22H,13H2,1-4H3,(H,34,35). The van der Waals surface area contributed by atoms with Crippen LogP contribution in [0.3, 0.4) is 0 Å². The predicted molar refractivity (Wildman–Crippen MR) is 132 cm³/mol. The molecule has 1 N–H and O–H groups in total. The molecular weight excluding hydrogens is 513 g/mol. The summed E-state index contributed by atoms with van der Waals surface area (Å²) in [5.74, 6) is -2.42. The van der Waals surface area contributed by atoms with E-state index in [2.05, 4.69) is 0 Å². The van der Waals surface area contributed by atoms with E-state index in [0.29, 0.717) is 21.5 Å². The zero-order valence-electron chi connectivity index (χ0n) is 20.4. The fourth-order valence-electron chi connectivity index (χ4n) is 4.20. The smallest absolute Gasteiger partial charge is 0.449 e. The van der Waals surface area contributed by atoms with Gasteiger partial charge in [0, 0.05) is 29.2 Å². The van der Waals surface area contributed by atoms with E-state index in [4.69, 9.17) is 20.8 Å². The van der Waals surface area contributed by atoms with E-state index in [9.17, 15) is 27.9 Å². The second kappa shape index (κ2) is 9.42. The minimum atomic E-state index is -4.64. The molecule has 0 aliphatic rings. The predicted octanol–water partition coefficient (Wildman–Crippen LogP) is 6.26. The summed E-state index contributed by atoms with van der Waals surface area (Å²) in [4.78, 5) is 26.0. The first-order chi connectivity index (χ1) is 17.2. The zero-order valence-corrected chi connectivity index (χ0v) is 21.1. The van der Waals surface area contributed by atoms with Crippen LogP contribution in [0.1, 0.15) is 44.1 Å². The number of alkyl halides is 3. The lowest BCUT2D eigenvalue weighted by Gasteiger charge is -2.28. The highest BCUT2D eigenvalue weighted by atomic mass is 35.5. The first-order valence-corrected chi connectivity index (χ1v) is 11.6. The van der Waals surface area contributed by atoms with Crippen molar-refractivity contribution in [2.24, 2.45) is 7.05 Å². The monoisotopic (exact) mass is 536 g/mol. The Morgan fingerprint density at radius 3 is 2.30 bits per heavy atom. The summed E-state index contributed by atoms with van der Waals surface area (Å²) in [6, 6.07) is 10.3. The van der Waals surface area contributed by atoms with Crippen molar-refractivity contribution in [1.29, 1.82) is 0 Å². The van der Waals surface area contributed by atoms with Gasteiger partial charge in [-0.3, -0.25) is 4.79 Å². The highest BCUT2D eigenvalue weighted by Gasteiger charge is 2.35. The number of carboxylic acid groups (broad SMARTS) is 1. The van der Waals surface area contributed by atoms with Crippen LogP contribution in [0.25, 0.3) is 22.0 Å². The molecule has 7 nitrogen and oxygen atoms in total. The molecule has 0 fully saturated rings. The van der Waals surface area contributed by atoms with Crippen molar-refractivity contribution in [2.45, 2.75) is 45.2 Å². The minimum Gasteiger partial charge on any atom is -0.479 e. The molecule has 1 atom stereocenters. The van der Waals surface area contributed by atoms with E-state index in [1.165, 1.54) is 22.2 Å². The molecule has 196 valence electrons. The summed E-state index contributed by atoms with van der Waals surface area (Å²) in [5.41, 5.74) is -0.0943. The van der Waals surface area contributed by atoms with E-state index in [1.54, 1.807) is 57.3 Å². The van der Waals surface area contributed by atoms with Gasteiger partial charge in [0.05, 0.1) is 17.8 Å². The highest BCUT2D eigenvalue weighted by Crippen LogP contribution is 2.38. The fraction of sp³-hybridized carbons (Fsp3) is 0.308. The van der Waals surface area contributed by atoms with Crippen molar-refractivity contribution in [2.75, 3.05) is 0 Å². The number of rotatable bonds is 6. The lowest BCUT2D eigenvalue weighted by atomic mass is 9.96. The van der Waals surface area contributed by atoms with Crippen LogP contribution in [0.15, 0.2) is 57.9 Å². The zero-order chi connectivity index (χ0) is 27.3. The Bertz CT molecular complexity index is 1530. The van der Waals surface area contributed by atoms with Crippen molar-refractivity contribution >= 4 is 28.5 Å². The molecule has 0 bridgehead atoms. The Morgan fingerprint density at radius 1 is 1.11 bits per heavy atom. The maximum atomic E-state index is 13.6. The van der Waals surface area contributed by atoms with Crippen LogP contribution in [0, 0.1) is 0 Å². The Kier molecular flexibility index (Phi) is 6.76. The number of hydrogen-bond acceptors (Lipinski definition) is 4. The number of furan rings is 1. The number of fused-ring (bicyclic) bond motifs is 1. The van der Waals surface area contributed by atoms with Crippen LogP contribution >= 0.6 is 11.6 Å². The maximum Gasteiger partial charge on any atom is 0.449 e. The molecule has 11 heteroatoms. The van der Waals surface area contributed by atoms with Gasteiger partial charge in [0.2, 0.25) is 5.76 Å². The van der Waals surface area contributed by atoms with Crippen molar-refractivity contribution in [3.63, 3.8) is 0 Å². The van der Waals surface area contributed by atoms with Gasteiger partial charge in [-0.1, -0.05) is 23.7 Å². The highest BCUT2D eigenvalue weighted by molar-refractivity contribution is 6.30. The maximum absolute atomic E-state index is 13.6. The molecule has 0 aliphatic carbocycles. The third-order valence-electron chi connectivity index (χ3n) is 5.70. The number of aromatic nitrogens is 2. The average Bonchev–Trinajstić information content (AvgIpc) is 3.42. The molecule has 1 aromatic carbocycles. The van der Waals surface area contributed by atoms with Crippen molar-refractivity contribution in [3.8, 4) is 11.1 Å². The van der Waals surface area contributed by atoms with E-state index >= 15 is 0 Å². The second-order valence-corrected chi connectivity index (χ2v) is 9.99. The van der Waals surface area contributed by atoms with Crippen LogP contribution in [0.2, 0.25) is 5.02 Å². The first kappa shape index (κ1) is 26.6. The summed E-state index contributed by atoms with van der Waals surface area (Å²) in [6.07, 6.45) is -4.58. The number of carboxylic acids is 1. The number of nitrogens with zero attached hydrogens (tertiary/aromatic N) is 2. The SMILES string of the molecule is Cn1c(C(OC(C)(C)C)C(=O)O)c(-c2ccc(Cl)cc2)c2ccn(Cc3ccc(C(F)(F)F)o3)c2c1=O. The molecule has 4 rings (SSSR count). The van der Waals surface area contributed by atoms with Crippen LogP contribution in [0.5, 0.6) is 0 Å². The van der Waals surface area contributed by atoms with Crippen LogP contribution in [-0.2, 0) is 29.3 Å². The molecule has 0 amide bonds. The number of halogens is 4. The van der Waals surface area contributed by atoms with Gasteiger partial charge in [-0.2, -0.15) is 13.2 Å². The summed E-state index contributed by atoms with van der Waals surface area (Å²) in [5, 5.41) is 11.0. The number of hydrogen-bond donors (Lipinski definition) is 1. The lowest BCUT2D eigenvalue weighted by Crippen LogP contribution is -2.33. The van der Waals surface area contributed by atoms with Crippen LogP contribution < -0.4 is 5.56 Å². The Labute approximate surface area is 214 Å². The normalized spacial score (nSPS) is 13.3. The summed E-state index contributed by atoms with van der Waals surface area (Å²) >= 11 is 6.07. The Balaban J connectivity index is 1.98. The van der Waals surface area contributed by atoms with Gasteiger partial charge in [0.1, 0.15) is 11.3 Å². The molecule has 3 heterocycles. The van der Waals surface area contributed by atoms with Crippen molar-refractivity contribution < 1.29 is 32.2 Å². The Hall–Kier alpha value is -3.50. The van der Waals surface area contributed by atoms with E-state index in [-0.39, 0.29) is 23.5 Å². The third kappa shape index (κ3) is 5.30. The summed E-state index contributed by atoms with van der Waals surface area (Å²) in [6.45, 7) is 4.97. The van der Waals surface area contributed by atoms with Gasteiger partial charge >= 0.3 is 12.1 Å². The van der Waals surface area contributed by atoms with E-state index in [1.807, 2.05) is 0 Å². The number of benzene rings is 1. The van der Waals surface area contributed by atoms with Gasteiger partial charge in [-0.15, -0.1) is 0 Å². The number of pyridine rings is 1. The third-order valence-corrected chi connectivity index (χ3v) is 5.95. The van der Waals surface area contributed by atoms with Gasteiger partial charge in [-0.05, 0) is 56.7 Å². The molecule has 0 radical (unpaired) electrons.